The predicted octanol–water partition coefficient (Wildman–Crippen LogP) is 12.3. The van der Waals surface area contributed by atoms with Crippen LogP contribution in [0.15, 0.2) is 163 Å². The largest absolute Gasteiger partial charge is 0.120 e. The topological polar surface area (TPSA) is 0 Å². The van der Waals surface area contributed by atoms with Crippen LogP contribution in [0.4, 0.5) is 0 Å². The third kappa shape index (κ3) is 4.75. The molecule has 0 nitrogen and oxygen atoms in total. The number of allylic oxidation sites excluding steroid dienone is 3. The fraction of sp³-hybridized carbons (Fsp3) is 0.0698. The molecule has 7 aromatic rings. The van der Waals surface area contributed by atoms with E-state index in [-0.39, 0.29) is 0 Å². The fourth-order valence-electron chi connectivity index (χ4n) is 6.72. The molecule has 7 aromatic carbocycles. The Morgan fingerprint density at radius 1 is 0.500 bits per heavy atom. The molecule has 1 heterocycles. The van der Waals surface area contributed by atoms with Gasteiger partial charge in [-0.25, -0.2) is 0 Å². The minimum atomic E-state index is 0.339. The maximum atomic E-state index is 2.39. The summed E-state index contributed by atoms with van der Waals surface area (Å²) in [5, 5.41) is 7.86. The maximum absolute atomic E-state index is 2.39. The molecular formula is C43H32S. The zero-order chi connectivity index (χ0) is 29.5. The van der Waals surface area contributed by atoms with Gasteiger partial charge in [-0.15, -0.1) is 11.8 Å². The average Bonchev–Trinajstić information content (AvgIpc) is 3.17. The molecule has 0 N–H and O–H groups in total. The Kier molecular flexibility index (Phi) is 6.89. The fourth-order valence-corrected chi connectivity index (χ4v) is 8.05. The molecular weight excluding hydrogens is 549 g/mol. The molecule has 1 atom stereocenters. The molecule has 0 spiro atoms. The van der Waals surface area contributed by atoms with Crippen LogP contribution in [0.3, 0.4) is 0 Å². The summed E-state index contributed by atoms with van der Waals surface area (Å²) in [7, 11) is 0. The van der Waals surface area contributed by atoms with E-state index in [2.05, 4.69) is 165 Å². The lowest BCUT2D eigenvalue weighted by Gasteiger charge is -2.18. The molecule has 1 heteroatoms. The van der Waals surface area contributed by atoms with E-state index in [0.717, 1.165) is 5.75 Å². The predicted molar refractivity (Wildman–Crippen MR) is 193 cm³/mol. The Bertz CT molecular complexity index is 2200. The van der Waals surface area contributed by atoms with Gasteiger partial charge in [-0.2, -0.15) is 0 Å². The van der Waals surface area contributed by atoms with Crippen LogP contribution < -0.4 is 0 Å². The van der Waals surface area contributed by atoms with Crippen molar-refractivity contribution in [1.82, 2.24) is 0 Å². The minimum absolute atomic E-state index is 0.339. The van der Waals surface area contributed by atoms with Gasteiger partial charge in [-0.05, 0) is 83.4 Å². The number of rotatable bonds is 3. The van der Waals surface area contributed by atoms with Crippen LogP contribution in [0.2, 0.25) is 0 Å². The van der Waals surface area contributed by atoms with Gasteiger partial charge >= 0.3 is 0 Å². The van der Waals surface area contributed by atoms with Crippen LogP contribution in [-0.4, -0.2) is 5.75 Å². The van der Waals surface area contributed by atoms with Crippen molar-refractivity contribution < 1.29 is 0 Å². The van der Waals surface area contributed by atoms with Gasteiger partial charge in [0, 0.05) is 16.6 Å². The SMILES string of the molecule is CC1/C=C\C=C(\c2cccc(-c3ccc4c5ccccc5c5ccccc5c4c3)c2)CSc2c(-c3ccccc3)cccc21. The monoisotopic (exact) mass is 580 g/mol. The van der Waals surface area contributed by atoms with E-state index < -0.39 is 0 Å². The van der Waals surface area contributed by atoms with Crippen LogP contribution in [0.1, 0.15) is 24.0 Å². The zero-order valence-electron chi connectivity index (χ0n) is 24.7. The van der Waals surface area contributed by atoms with Crippen molar-refractivity contribution in [2.45, 2.75) is 17.7 Å². The summed E-state index contributed by atoms with van der Waals surface area (Å²) in [6, 6.07) is 51.2. The second kappa shape index (κ2) is 11.3. The Labute approximate surface area is 263 Å². The highest BCUT2D eigenvalue weighted by Crippen LogP contribution is 2.41. The normalized spacial score (nSPS) is 16.9. The summed E-state index contributed by atoms with van der Waals surface area (Å²) in [5.41, 5.74) is 9.10. The van der Waals surface area contributed by atoms with Crippen molar-refractivity contribution in [2.75, 3.05) is 5.75 Å². The van der Waals surface area contributed by atoms with E-state index >= 15 is 0 Å². The molecule has 1 unspecified atom stereocenters. The highest BCUT2D eigenvalue weighted by molar-refractivity contribution is 7.99. The summed E-state index contributed by atoms with van der Waals surface area (Å²) in [5.74, 6) is 1.25. The molecule has 0 aromatic heterocycles. The summed E-state index contributed by atoms with van der Waals surface area (Å²) >= 11 is 1.96. The first-order valence-electron chi connectivity index (χ1n) is 15.4. The Hall–Kier alpha value is -4.85. The van der Waals surface area contributed by atoms with Crippen molar-refractivity contribution in [1.29, 1.82) is 0 Å². The van der Waals surface area contributed by atoms with E-state index in [1.54, 1.807) is 0 Å². The van der Waals surface area contributed by atoms with Crippen LogP contribution in [-0.2, 0) is 0 Å². The summed E-state index contributed by atoms with van der Waals surface area (Å²) < 4.78 is 0. The second-order valence-corrected chi connectivity index (χ2v) is 12.7. The minimum Gasteiger partial charge on any atom is -0.120 e. The lowest BCUT2D eigenvalue weighted by molar-refractivity contribution is 0.936. The first-order valence-corrected chi connectivity index (χ1v) is 16.4. The van der Waals surface area contributed by atoms with Gasteiger partial charge in [0.05, 0.1) is 0 Å². The standard InChI is InChI=1S/C43H32S/c1-29-12-9-17-34(28-44-43-35(29)22-11-23-36(43)30-13-3-2-4-14-30)32-16-10-15-31(26-32)33-24-25-41-39-20-6-5-18-37(39)38-19-7-8-21-40(38)42(41)27-33/h2-27,29H,28H2,1H3/b12-9-,34-17+. The number of benzene rings is 7. The van der Waals surface area contributed by atoms with E-state index in [1.807, 2.05) is 11.8 Å². The number of fused-ring (bicyclic) bond motifs is 7. The highest BCUT2D eigenvalue weighted by atomic mass is 32.2. The molecule has 0 saturated heterocycles. The summed E-state index contributed by atoms with van der Waals surface area (Å²) in [4.78, 5) is 1.38. The molecule has 210 valence electrons. The van der Waals surface area contributed by atoms with Gasteiger partial charge in [0.15, 0.2) is 0 Å². The Balaban J connectivity index is 1.20. The lowest BCUT2D eigenvalue weighted by Crippen LogP contribution is -1.96. The van der Waals surface area contributed by atoms with Crippen LogP contribution in [0, 0.1) is 0 Å². The first kappa shape index (κ1) is 26.8. The molecule has 0 bridgehead atoms. The molecule has 0 amide bonds. The van der Waals surface area contributed by atoms with Crippen LogP contribution in [0.5, 0.6) is 0 Å². The highest BCUT2D eigenvalue weighted by Gasteiger charge is 2.17. The lowest BCUT2D eigenvalue weighted by atomic mass is 9.91. The third-order valence-electron chi connectivity index (χ3n) is 9.00. The van der Waals surface area contributed by atoms with E-state index in [9.17, 15) is 0 Å². The molecule has 0 radical (unpaired) electrons. The van der Waals surface area contributed by atoms with Crippen molar-refractivity contribution in [3.8, 4) is 22.3 Å². The Morgan fingerprint density at radius 3 is 1.84 bits per heavy atom. The number of hydrogen-bond donors (Lipinski definition) is 0. The number of thioether (sulfide) groups is 1. The summed E-state index contributed by atoms with van der Waals surface area (Å²) in [6.07, 6.45) is 6.91. The molecule has 1 aliphatic rings. The summed E-state index contributed by atoms with van der Waals surface area (Å²) in [6.45, 7) is 2.30. The van der Waals surface area contributed by atoms with Crippen molar-refractivity contribution in [2.24, 2.45) is 0 Å². The maximum Gasteiger partial charge on any atom is 0.0238 e. The molecule has 44 heavy (non-hydrogen) atoms. The second-order valence-electron chi connectivity index (χ2n) is 11.7. The molecule has 0 saturated carbocycles. The smallest absolute Gasteiger partial charge is 0.0238 e. The van der Waals surface area contributed by atoms with Crippen LogP contribution >= 0.6 is 11.8 Å². The first-order chi connectivity index (χ1) is 21.7. The van der Waals surface area contributed by atoms with Gasteiger partial charge in [-0.1, -0.05) is 153 Å². The van der Waals surface area contributed by atoms with Crippen molar-refractivity contribution >= 4 is 49.7 Å². The van der Waals surface area contributed by atoms with Gasteiger partial charge in [0.1, 0.15) is 0 Å². The van der Waals surface area contributed by atoms with E-state index in [4.69, 9.17) is 0 Å². The van der Waals surface area contributed by atoms with Crippen molar-refractivity contribution in [3.63, 3.8) is 0 Å². The van der Waals surface area contributed by atoms with Gasteiger partial charge in [0.25, 0.3) is 0 Å². The van der Waals surface area contributed by atoms with E-state index in [0.29, 0.717) is 5.92 Å². The van der Waals surface area contributed by atoms with Gasteiger partial charge < -0.3 is 0 Å². The molecule has 1 aliphatic heterocycles. The van der Waals surface area contributed by atoms with E-state index in [1.165, 1.54) is 76.2 Å². The molecule has 0 fully saturated rings. The third-order valence-corrected chi connectivity index (χ3v) is 10.2. The average molecular weight is 581 g/mol. The Morgan fingerprint density at radius 2 is 1.09 bits per heavy atom. The van der Waals surface area contributed by atoms with Gasteiger partial charge in [-0.3, -0.25) is 0 Å². The molecule has 8 rings (SSSR count). The molecule has 0 aliphatic carbocycles. The number of hydrogen-bond acceptors (Lipinski definition) is 1. The van der Waals surface area contributed by atoms with Gasteiger partial charge in [0.2, 0.25) is 0 Å². The van der Waals surface area contributed by atoms with Crippen molar-refractivity contribution in [3.05, 3.63) is 169 Å². The quantitative estimate of drug-likeness (QED) is 0.187. The van der Waals surface area contributed by atoms with Crippen LogP contribution in [0.25, 0.3) is 60.1 Å². The zero-order valence-corrected chi connectivity index (χ0v) is 25.5.